The van der Waals surface area contributed by atoms with E-state index in [0.717, 1.165) is 0 Å². The minimum absolute atomic E-state index is 1.37. The van der Waals surface area contributed by atoms with Crippen molar-refractivity contribution in [1.29, 1.82) is 0 Å². The van der Waals surface area contributed by atoms with Gasteiger partial charge in [-0.1, -0.05) is 0 Å². The average Bonchev–Trinajstić information content (AvgIpc) is 3.02. The first-order chi connectivity index (χ1) is 21.1. The van der Waals surface area contributed by atoms with Crippen molar-refractivity contribution in [2.45, 2.75) is 248 Å². The molecule has 0 fully saturated rings. The van der Waals surface area contributed by atoms with E-state index in [1.54, 1.807) is 26.6 Å². The zero-order valence-corrected chi connectivity index (χ0v) is 37.2. The Morgan fingerprint density at radius 3 is 0.651 bits per heavy atom. The van der Waals surface area contributed by atoms with Gasteiger partial charge in [-0.25, -0.2) is 0 Å². The number of rotatable bonds is 36. The number of hydrogen-bond acceptors (Lipinski definition) is 1. The van der Waals surface area contributed by atoms with Crippen molar-refractivity contribution in [3.05, 3.63) is 0 Å². The molecule has 0 amide bonds. The van der Waals surface area contributed by atoms with Crippen molar-refractivity contribution in [3.63, 3.8) is 0 Å². The zero-order chi connectivity index (χ0) is 31.7. The van der Waals surface area contributed by atoms with E-state index >= 15 is 0 Å². The van der Waals surface area contributed by atoms with Gasteiger partial charge in [0.05, 0.1) is 0 Å². The SMILES string of the molecule is CCCCCCCCCCC[CH2][Sn]([CH2]CCC)([CH2]CCC)[O][Sn]([CH2]CCC)([CH2]CCC)[CH2]CCCCCCCCCCC. The third kappa shape index (κ3) is 26.2. The summed E-state index contributed by atoms with van der Waals surface area (Å²) in [5.74, 6) is 0. The Bertz CT molecular complexity index is 475. The van der Waals surface area contributed by atoms with E-state index in [0.29, 0.717) is 0 Å². The van der Waals surface area contributed by atoms with E-state index in [-0.39, 0.29) is 0 Å². The molecule has 0 heterocycles. The quantitative estimate of drug-likeness (QED) is 0.0452. The summed E-state index contributed by atoms with van der Waals surface area (Å²) in [6.07, 6.45) is 40.6. The van der Waals surface area contributed by atoms with E-state index in [2.05, 4.69) is 41.5 Å². The van der Waals surface area contributed by atoms with Crippen molar-refractivity contribution in [2.24, 2.45) is 0 Å². The molecule has 0 aliphatic rings. The molecule has 0 aromatic rings. The average molecular weight is 821 g/mol. The molecule has 43 heavy (non-hydrogen) atoms. The Balaban J connectivity index is 5.29. The van der Waals surface area contributed by atoms with E-state index in [9.17, 15) is 0 Å². The molecular weight excluding hydrogens is 734 g/mol. The van der Waals surface area contributed by atoms with Crippen molar-refractivity contribution >= 4 is 37.6 Å². The molecule has 0 unspecified atom stereocenters. The van der Waals surface area contributed by atoms with Gasteiger partial charge in [0.15, 0.2) is 0 Å². The molecule has 0 saturated carbocycles. The Labute approximate surface area is 284 Å². The summed E-state index contributed by atoms with van der Waals surface area (Å²) in [4.78, 5) is 0. The van der Waals surface area contributed by atoms with Gasteiger partial charge in [0.1, 0.15) is 0 Å². The van der Waals surface area contributed by atoms with Crippen LogP contribution in [0.25, 0.3) is 0 Å². The van der Waals surface area contributed by atoms with Crippen LogP contribution >= 0.6 is 0 Å². The molecule has 0 rings (SSSR count). The van der Waals surface area contributed by atoms with E-state index in [4.69, 9.17) is 1.41 Å². The molecule has 0 atom stereocenters. The molecule has 0 saturated heterocycles. The van der Waals surface area contributed by atoms with Crippen LogP contribution in [0.15, 0.2) is 0 Å². The predicted octanol–water partition coefficient (Wildman–Crippen LogP) is 15.9. The van der Waals surface area contributed by atoms with Gasteiger partial charge in [0, 0.05) is 0 Å². The summed E-state index contributed by atoms with van der Waals surface area (Å²) in [6.45, 7) is 14.4. The fraction of sp³-hybridized carbons (Fsp3) is 1.00. The topological polar surface area (TPSA) is 9.23 Å². The molecule has 0 aromatic heterocycles. The Morgan fingerprint density at radius 2 is 0.419 bits per heavy atom. The molecule has 0 aliphatic heterocycles. The van der Waals surface area contributed by atoms with Gasteiger partial charge in [-0.2, -0.15) is 0 Å². The van der Waals surface area contributed by atoms with Crippen LogP contribution in [0.5, 0.6) is 0 Å². The normalized spacial score (nSPS) is 12.4. The van der Waals surface area contributed by atoms with Gasteiger partial charge >= 0.3 is 287 Å². The first kappa shape index (κ1) is 44.6. The summed E-state index contributed by atoms with van der Waals surface area (Å²) in [6, 6.07) is 0. The van der Waals surface area contributed by atoms with Crippen LogP contribution in [0.2, 0.25) is 26.6 Å². The van der Waals surface area contributed by atoms with E-state index in [1.807, 2.05) is 0 Å². The molecule has 0 radical (unpaired) electrons. The molecule has 0 aromatic carbocycles. The minimum atomic E-state index is -2.63. The summed E-state index contributed by atoms with van der Waals surface area (Å²) in [5, 5.41) is 0. The molecule has 0 N–H and O–H groups in total. The van der Waals surface area contributed by atoms with E-state index in [1.165, 1.54) is 180 Å². The fourth-order valence-electron chi connectivity index (χ4n) is 7.38. The summed E-state index contributed by atoms with van der Waals surface area (Å²) >= 11 is -5.26. The predicted molar refractivity (Wildman–Crippen MR) is 205 cm³/mol. The van der Waals surface area contributed by atoms with Crippen LogP contribution in [0.4, 0.5) is 0 Å². The Hall–Kier alpha value is 1.56. The first-order valence-corrected chi connectivity index (χ1v) is 35.2. The van der Waals surface area contributed by atoms with Gasteiger partial charge in [0.2, 0.25) is 0 Å². The second kappa shape index (κ2) is 33.5. The summed E-state index contributed by atoms with van der Waals surface area (Å²) in [7, 11) is 0. The van der Waals surface area contributed by atoms with Crippen LogP contribution in [0.3, 0.4) is 0 Å². The number of hydrogen-bond donors (Lipinski definition) is 0. The van der Waals surface area contributed by atoms with Gasteiger partial charge in [-0.3, -0.25) is 0 Å². The van der Waals surface area contributed by atoms with Crippen molar-refractivity contribution in [2.75, 3.05) is 0 Å². The van der Waals surface area contributed by atoms with Gasteiger partial charge in [-0.05, 0) is 0 Å². The molecule has 0 aliphatic carbocycles. The van der Waals surface area contributed by atoms with Crippen LogP contribution in [-0.4, -0.2) is 37.6 Å². The molecule has 0 spiro atoms. The van der Waals surface area contributed by atoms with Crippen LogP contribution in [0.1, 0.15) is 221 Å². The van der Waals surface area contributed by atoms with Gasteiger partial charge in [0.25, 0.3) is 0 Å². The number of unbranched alkanes of at least 4 members (excludes halogenated alkanes) is 22. The second-order valence-electron chi connectivity index (χ2n) is 14.7. The molecule has 1 nitrogen and oxygen atoms in total. The second-order valence-corrected chi connectivity index (χ2v) is 41.3. The third-order valence-corrected chi connectivity index (χ3v) is 51.1. The van der Waals surface area contributed by atoms with E-state index < -0.39 is 37.6 Å². The Morgan fingerprint density at radius 1 is 0.233 bits per heavy atom. The van der Waals surface area contributed by atoms with Crippen molar-refractivity contribution in [3.8, 4) is 0 Å². The zero-order valence-electron chi connectivity index (χ0n) is 31.4. The summed E-state index contributed by atoms with van der Waals surface area (Å²) < 4.78 is 17.6. The van der Waals surface area contributed by atoms with Crippen LogP contribution in [0, 0.1) is 0 Å². The van der Waals surface area contributed by atoms with Crippen LogP contribution < -0.4 is 0 Å². The fourth-order valence-corrected chi connectivity index (χ4v) is 61.8. The summed E-state index contributed by atoms with van der Waals surface area (Å²) in [5.41, 5.74) is 0. The standard InChI is InChI=1S/2C12H25.4C4H9.O.2Sn/c2*1-3-5-7-9-11-12-10-8-6-4-2;4*1-3-4-2;;;/h2*1,3-12H2,2H3;4*1,3-4H2,2H3;;;. The first-order valence-electron chi connectivity index (χ1n) is 20.8. The third-order valence-electron chi connectivity index (χ3n) is 10.3. The Kier molecular flexibility index (Phi) is 34.7. The van der Waals surface area contributed by atoms with Crippen molar-refractivity contribution < 1.29 is 1.41 Å². The maximum atomic E-state index is 8.22. The van der Waals surface area contributed by atoms with Gasteiger partial charge < -0.3 is 0 Å². The monoisotopic (exact) mass is 822 g/mol. The van der Waals surface area contributed by atoms with Crippen LogP contribution in [-0.2, 0) is 1.41 Å². The molecule has 3 heteroatoms. The molecular formula is C40H86OSn2. The van der Waals surface area contributed by atoms with Gasteiger partial charge in [-0.15, -0.1) is 0 Å². The molecule has 260 valence electrons. The maximum absolute atomic E-state index is 8.22. The molecule has 0 bridgehead atoms. The van der Waals surface area contributed by atoms with Crippen molar-refractivity contribution in [1.82, 2.24) is 0 Å².